The predicted molar refractivity (Wildman–Crippen MR) is 112 cm³/mol. The van der Waals surface area contributed by atoms with Crippen LogP contribution in [0.25, 0.3) is 20.9 Å². The van der Waals surface area contributed by atoms with Gasteiger partial charge >= 0.3 is 0 Å². The molecule has 10 heteroatoms. The summed E-state index contributed by atoms with van der Waals surface area (Å²) in [6.45, 7) is 3.31. The molecule has 0 atom stereocenters. The number of halogens is 1. The van der Waals surface area contributed by atoms with Crippen LogP contribution in [0.3, 0.4) is 0 Å². The first kappa shape index (κ1) is 17.3. The van der Waals surface area contributed by atoms with Gasteiger partial charge in [-0.15, -0.1) is 11.3 Å². The van der Waals surface area contributed by atoms with Crippen LogP contribution in [-0.4, -0.2) is 46.1 Å². The largest absolute Gasteiger partial charge is 0.368 e. The van der Waals surface area contributed by atoms with Gasteiger partial charge in [-0.3, -0.25) is 0 Å². The second kappa shape index (κ2) is 6.95. The zero-order valence-corrected chi connectivity index (χ0v) is 16.4. The maximum absolute atomic E-state index is 13.2. The SMILES string of the molecule is Nc1nc(N2CCN(c3nccs3)CC2)c2nc(-c3ccc(F)cc3)sc2n1. The summed E-state index contributed by atoms with van der Waals surface area (Å²) in [4.78, 5) is 23.2. The number of fused-ring (bicyclic) bond motifs is 1. The summed E-state index contributed by atoms with van der Waals surface area (Å²) in [7, 11) is 0. The second-order valence-corrected chi connectivity index (χ2v) is 8.22. The van der Waals surface area contributed by atoms with Crippen LogP contribution in [0.4, 0.5) is 21.3 Å². The van der Waals surface area contributed by atoms with Crippen molar-refractivity contribution in [1.29, 1.82) is 0 Å². The van der Waals surface area contributed by atoms with Gasteiger partial charge in [0.2, 0.25) is 5.95 Å². The van der Waals surface area contributed by atoms with E-state index in [1.807, 2.05) is 11.6 Å². The van der Waals surface area contributed by atoms with Crippen LogP contribution < -0.4 is 15.5 Å². The van der Waals surface area contributed by atoms with Gasteiger partial charge in [0.1, 0.15) is 16.3 Å². The highest BCUT2D eigenvalue weighted by Crippen LogP contribution is 2.34. The topological polar surface area (TPSA) is 84.1 Å². The van der Waals surface area contributed by atoms with E-state index in [0.717, 1.165) is 58.0 Å². The number of nitrogen functional groups attached to an aromatic ring is 1. The van der Waals surface area contributed by atoms with Gasteiger partial charge < -0.3 is 15.5 Å². The van der Waals surface area contributed by atoms with Crippen LogP contribution in [0.5, 0.6) is 0 Å². The number of aromatic nitrogens is 4. The molecular weight excluding hydrogens is 397 g/mol. The van der Waals surface area contributed by atoms with Crippen molar-refractivity contribution in [2.45, 2.75) is 0 Å². The molecular formula is C18H16FN7S2. The Bertz CT molecular complexity index is 1100. The van der Waals surface area contributed by atoms with Crippen molar-refractivity contribution in [3.8, 4) is 10.6 Å². The standard InChI is InChI=1S/C18H16FN7S2/c19-12-3-1-11(2-4-12)15-22-13-14(23-17(20)24-16(13)28-15)25-6-8-26(9-7-25)18-21-5-10-27-18/h1-5,10H,6-9H2,(H2,20,23,24). The summed E-state index contributed by atoms with van der Waals surface area (Å²) in [5.41, 5.74) is 7.55. The van der Waals surface area contributed by atoms with E-state index in [-0.39, 0.29) is 11.8 Å². The first-order valence-electron chi connectivity index (χ1n) is 8.77. The minimum atomic E-state index is -0.271. The zero-order valence-electron chi connectivity index (χ0n) is 14.7. The summed E-state index contributed by atoms with van der Waals surface area (Å²) in [6.07, 6.45) is 1.83. The van der Waals surface area contributed by atoms with Crippen molar-refractivity contribution in [2.24, 2.45) is 0 Å². The maximum Gasteiger partial charge on any atom is 0.223 e. The van der Waals surface area contributed by atoms with Crippen LogP contribution in [0.15, 0.2) is 35.8 Å². The van der Waals surface area contributed by atoms with Gasteiger partial charge in [0.25, 0.3) is 0 Å². The van der Waals surface area contributed by atoms with Crippen LogP contribution in [0, 0.1) is 5.82 Å². The fourth-order valence-electron chi connectivity index (χ4n) is 3.24. The van der Waals surface area contributed by atoms with E-state index in [1.54, 1.807) is 23.5 Å². The quantitative estimate of drug-likeness (QED) is 0.552. The summed E-state index contributed by atoms with van der Waals surface area (Å²) < 4.78 is 13.2. The number of nitrogens with zero attached hydrogens (tertiary/aromatic N) is 6. The van der Waals surface area contributed by atoms with Crippen LogP contribution in [-0.2, 0) is 0 Å². The molecule has 0 amide bonds. The number of hydrogen-bond acceptors (Lipinski definition) is 9. The van der Waals surface area contributed by atoms with E-state index >= 15 is 0 Å². The van der Waals surface area contributed by atoms with Crippen molar-refractivity contribution in [2.75, 3.05) is 41.7 Å². The zero-order chi connectivity index (χ0) is 19.1. The number of rotatable bonds is 3. The number of thiazole rings is 2. The third-order valence-corrected chi connectivity index (χ3v) is 6.45. The fraction of sp³-hybridized carbons (Fsp3) is 0.222. The number of piperazine rings is 1. The molecule has 142 valence electrons. The molecule has 2 N–H and O–H groups in total. The summed E-state index contributed by atoms with van der Waals surface area (Å²) >= 11 is 3.08. The highest BCUT2D eigenvalue weighted by molar-refractivity contribution is 7.21. The van der Waals surface area contributed by atoms with Crippen molar-refractivity contribution in [1.82, 2.24) is 19.9 Å². The Labute approximate surface area is 168 Å². The molecule has 0 bridgehead atoms. The Morgan fingerprint density at radius 3 is 2.43 bits per heavy atom. The normalized spacial score (nSPS) is 14.8. The number of anilines is 3. The smallest absolute Gasteiger partial charge is 0.223 e. The van der Waals surface area contributed by atoms with Crippen molar-refractivity contribution >= 4 is 49.9 Å². The molecule has 1 aromatic carbocycles. The van der Waals surface area contributed by atoms with E-state index < -0.39 is 0 Å². The predicted octanol–water partition coefficient (Wildman–Crippen LogP) is 3.26. The van der Waals surface area contributed by atoms with Crippen LogP contribution in [0.2, 0.25) is 0 Å². The van der Waals surface area contributed by atoms with Gasteiger partial charge in [0.15, 0.2) is 15.8 Å². The lowest BCUT2D eigenvalue weighted by Crippen LogP contribution is -2.47. The van der Waals surface area contributed by atoms with Crippen molar-refractivity contribution < 1.29 is 4.39 Å². The van der Waals surface area contributed by atoms with Crippen LogP contribution in [0.1, 0.15) is 0 Å². The lowest BCUT2D eigenvalue weighted by Gasteiger charge is -2.35. The molecule has 1 aliphatic rings. The molecule has 28 heavy (non-hydrogen) atoms. The molecule has 3 aromatic heterocycles. The second-order valence-electron chi connectivity index (χ2n) is 6.37. The van der Waals surface area contributed by atoms with Gasteiger partial charge in [-0.25, -0.2) is 19.3 Å². The molecule has 1 saturated heterocycles. The third kappa shape index (κ3) is 3.14. The van der Waals surface area contributed by atoms with E-state index in [4.69, 9.17) is 10.7 Å². The van der Waals surface area contributed by atoms with Gasteiger partial charge in [-0.1, -0.05) is 11.3 Å². The summed E-state index contributed by atoms with van der Waals surface area (Å²) in [5, 5.41) is 3.81. The first-order valence-corrected chi connectivity index (χ1v) is 10.5. The number of nitrogens with two attached hydrogens (primary N) is 1. The highest BCUT2D eigenvalue weighted by atomic mass is 32.1. The average Bonchev–Trinajstić information content (AvgIpc) is 3.38. The average molecular weight is 414 g/mol. The maximum atomic E-state index is 13.2. The molecule has 0 unspecified atom stereocenters. The fourth-order valence-corrected chi connectivity index (χ4v) is 4.89. The number of benzene rings is 1. The summed E-state index contributed by atoms with van der Waals surface area (Å²) in [6, 6.07) is 6.30. The van der Waals surface area contributed by atoms with Gasteiger partial charge in [-0.05, 0) is 24.3 Å². The van der Waals surface area contributed by atoms with E-state index in [1.165, 1.54) is 23.5 Å². The Morgan fingerprint density at radius 1 is 0.964 bits per heavy atom. The molecule has 4 heterocycles. The molecule has 0 spiro atoms. The Kier molecular flexibility index (Phi) is 4.29. The van der Waals surface area contributed by atoms with E-state index in [9.17, 15) is 4.39 Å². The Balaban J connectivity index is 1.47. The molecule has 1 aliphatic heterocycles. The highest BCUT2D eigenvalue weighted by Gasteiger charge is 2.24. The minimum absolute atomic E-state index is 0.235. The molecule has 0 radical (unpaired) electrons. The van der Waals surface area contributed by atoms with E-state index in [0.29, 0.717) is 0 Å². The molecule has 0 saturated carbocycles. The third-order valence-electron chi connectivity index (χ3n) is 4.62. The van der Waals surface area contributed by atoms with Crippen molar-refractivity contribution in [3.63, 3.8) is 0 Å². The Morgan fingerprint density at radius 2 is 1.71 bits per heavy atom. The molecule has 5 rings (SSSR count). The monoisotopic (exact) mass is 413 g/mol. The van der Waals surface area contributed by atoms with Crippen LogP contribution >= 0.6 is 22.7 Å². The van der Waals surface area contributed by atoms with Gasteiger partial charge in [-0.2, -0.15) is 4.98 Å². The molecule has 1 fully saturated rings. The Hall–Kier alpha value is -2.85. The lowest BCUT2D eigenvalue weighted by molar-refractivity contribution is 0.628. The lowest BCUT2D eigenvalue weighted by atomic mass is 10.2. The van der Waals surface area contributed by atoms with E-state index in [2.05, 4.69) is 24.8 Å². The van der Waals surface area contributed by atoms with Gasteiger partial charge in [0, 0.05) is 43.3 Å². The van der Waals surface area contributed by atoms with Gasteiger partial charge in [0.05, 0.1) is 0 Å². The minimum Gasteiger partial charge on any atom is -0.368 e. The summed E-state index contributed by atoms with van der Waals surface area (Å²) in [5.74, 6) is 0.720. The molecule has 4 aromatic rings. The molecule has 0 aliphatic carbocycles. The number of hydrogen-bond donors (Lipinski definition) is 1. The first-order chi connectivity index (χ1) is 13.7. The molecule has 7 nitrogen and oxygen atoms in total. The van der Waals surface area contributed by atoms with Crippen molar-refractivity contribution in [3.05, 3.63) is 41.7 Å².